The van der Waals surface area contributed by atoms with Gasteiger partial charge in [0.05, 0.1) is 31.1 Å². The van der Waals surface area contributed by atoms with Crippen LogP contribution in [0.15, 0.2) is 79.9 Å². The van der Waals surface area contributed by atoms with Crippen molar-refractivity contribution >= 4 is 35.1 Å². The number of β-amino-alcohol motifs (C(OH)–C–C–N with tert-alkyl or cyclic N) is 1. The number of carbonyl (C=O) groups excluding carboxylic acids is 4. The third-order valence-electron chi connectivity index (χ3n) is 10.0. The number of anilines is 2. The fraction of sp³-hybridized carbons (Fsp3) is 0.474. The smallest absolute Gasteiger partial charge is 0.313 e. The Balaban J connectivity index is 1.43. The molecule has 3 fully saturated rings. The summed E-state index contributed by atoms with van der Waals surface area (Å²) < 4.78 is 12.7. The zero-order valence-corrected chi connectivity index (χ0v) is 28.5. The van der Waals surface area contributed by atoms with Gasteiger partial charge in [0.15, 0.2) is 0 Å². The van der Waals surface area contributed by atoms with Crippen molar-refractivity contribution in [1.82, 2.24) is 10.2 Å². The molecule has 0 saturated carbocycles. The van der Waals surface area contributed by atoms with Gasteiger partial charge in [0.1, 0.15) is 17.7 Å². The van der Waals surface area contributed by atoms with Crippen molar-refractivity contribution in [3.8, 4) is 0 Å². The average molecular weight is 673 g/mol. The van der Waals surface area contributed by atoms with Crippen molar-refractivity contribution in [3.63, 3.8) is 0 Å². The lowest BCUT2D eigenvalue weighted by molar-refractivity contribution is -0.160. The number of aliphatic hydroxyl groups is 1. The van der Waals surface area contributed by atoms with Gasteiger partial charge in [-0.25, -0.2) is 0 Å². The molecule has 11 heteroatoms. The predicted molar refractivity (Wildman–Crippen MR) is 187 cm³/mol. The number of esters is 1. The van der Waals surface area contributed by atoms with Crippen LogP contribution in [0.1, 0.15) is 51.2 Å². The summed E-state index contributed by atoms with van der Waals surface area (Å²) >= 11 is 0. The van der Waals surface area contributed by atoms with E-state index < -0.39 is 47.6 Å². The Morgan fingerprint density at radius 3 is 2.41 bits per heavy atom. The van der Waals surface area contributed by atoms with Crippen LogP contribution in [-0.2, 0) is 28.7 Å². The molecule has 262 valence electrons. The van der Waals surface area contributed by atoms with E-state index in [2.05, 4.69) is 37.2 Å². The maximum atomic E-state index is 14.6. The summed E-state index contributed by atoms with van der Waals surface area (Å²) in [4.78, 5) is 60.5. The molecule has 5 rings (SSSR count). The molecule has 49 heavy (non-hydrogen) atoms. The quantitative estimate of drug-likeness (QED) is 0.192. The van der Waals surface area contributed by atoms with Crippen LogP contribution in [0.4, 0.5) is 11.4 Å². The highest BCUT2D eigenvalue weighted by molar-refractivity contribution is 6.04. The van der Waals surface area contributed by atoms with Gasteiger partial charge in [0.25, 0.3) is 5.91 Å². The van der Waals surface area contributed by atoms with Gasteiger partial charge in [-0.05, 0) is 62.9 Å². The normalized spacial score (nSPS) is 24.2. The Bertz CT molecular complexity index is 1510. The number of carbonyl (C=O) groups is 4. The van der Waals surface area contributed by atoms with Gasteiger partial charge in [-0.2, -0.15) is 0 Å². The standard InChI is InChI=1S/C38H48N4O7/c1-5-9-15-31(44)39-25-30(26-13-11-10-12-14-26)48-37(47)32-29-20-21-38(49-29)33(32)35(45)42(23-24-43)34(38)36(46)41(22-6-2)28-18-16-27(17-19-28)40(7-3)8-4/h5-6,10-14,16-19,29-30,32-34,43H,1-2,7-9,15,20-25H2,3-4H3,(H,39,44)/t29-,30-,32+,33+,34-,38+/m0/s1. The molecule has 3 aliphatic heterocycles. The van der Waals surface area contributed by atoms with Gasteiger partial charge < -0.3 is 34.6 Å². The molecule has 6 atom stereocenters. The number of aliphatic hydroxyl groups excluding tert-OH is 1. The first-order valence-corrected chi connectivity index (χ1v) is 17.2. The van der Waals surface area contributed by atoms with E-state index in [9.17, 15) is 24.3 Å². The Kier molecular flexibility index (Phi) is 11.6. The third-order valence-corrected chi connectivity index (χ3v) is 10.0. The van der Waals surface area contributed by atoms with Crippen LogP contribution in [0, 0.1) is 11.8 Å². The summed E-state index contributed by atoms with van der Waals surface area (Å²) in [6, 6.07) is 15.7. The van der Waals surface area contributed by atoms with E-state index in [4.69, 9.17) is 9.47 Å². The van der Waals surface area contributed by atoms with E-state index in [0.717, 1.165) is 18.8 Å². The lowest BCUT2D eigenvalue weighted by Gasteiger charge is -2.36. The summed E-state index contributed by atoms with van der Waals surface area (Å²) in [7, 11) is 0. The number of nitrogens with one attached hydrogen (secondary N) is 1. The summed E-state index contributed by atoms with van der Waals surface area (Å²) in [5.41, 5.74) is 1.10. The highest BCUT2D eigenvalue weighted by Gasteiger charge is 2.75. The topological polar surface area (TPSA) is 129 Å². The molecular weight excluding hydrogens is 624 g/mol. The Morgan fingerprint density at radius 1 is 1.08 bits per heavy atom. The first-order valence-electron chi connectivity index (χ1n) is 17.2. The molecule has 2 N–H and O–H groups in total. The van der Waals surface area contributed by atoms with Gasteiger partial charge in [-0.1, -0.05) is 42.5 Å². The van der Waals surface area contributed by atoms with Crippen molar-refractivity contribution < 1.29 is 33.8 Å². The van der Waals surface area contributed by atoms with Crippen molar-refractivity contribution in [2.75, 3.05) is 49.1 Å². The Hall–Kier alpha value is -4.48. The number of benzene rings is 2. The number of hydrogen-bond donors (Lipinski definition) is 2. The maximum absolute atomic E-state index is 14.6. The molecule has 2 bridgehead atoms. The number of likely N-dealkylation sites (tertiary alicyclic amines) is 1. The lowest BCUT2D eigenvalue weighted by atomic mass is 9.70. The zero-order valence-electron chi connectivity index (χ0n) is 28.5. The van der Waals surface area contributed by atoms with Crippen molar-refractivity contribution in [3.05, 3.63) is 85.5 Å². The van der Waals surface area contributed by atoms with Crippen LogP contribution in [-0.4, -0.2) is 90.8 Å². The molecule has 2 aromatic carbocycles. The molecule has 11 nitrogen and oxygen atoms in total. The summed E-state index contributed by atoms with van der Waals surface area (Å²) in [5.74, 6) is -3.51. The number of rotatable bonds is 17. The molecule has 0 unspecified atom stereocenters. The number of allylic oxidation sites excluding steroid dienone is 1. The first-order chi connectivity index (χ1) is 23.7. The number of hydrogen-bond acceptors (Lipinski definition) is 8. The largest absolute Gasteiger partial charge is 0.455 e. The summed E-state index contributed by atoms with van der Waals surface area (Å²) in [5, 5.41) is 12.9. The summed E-state index contributed by atoms with van der Waals surface area (Å²) in [6.45, 7) is 13.2. The molecule has 3 saturated heterocycles. The molecular formula is C38H48N4O7. The SMILES string of the molecule is C=CCCC(=O)NC[C@H](OC(=O)[C@@H]1[C@@H]2CC[C@]3(O2)[C@H](C(=O)N(CC=C)c2ccc(N(CC)CC)cc2)N(CCO)C(=O)[C@@H]13)c1ccccc1. The van der Waals surface area contributed by atoms with Crippen LogP contribution < -0.4 is 15.1 Å². The van der Waals surface area contributed by atoms with Crippen LogP contribution >= 0.6 is 0 Å². The van der Waals surface area contributed by atoms with Gasteiger partial charge in [-0.15, -0.1) is 13.2 Å². The van der Waals surface area contributed by atoms with E-state index in [1.165, 1.54) is 4.90 Å². The van der Waals surface area contributed by atoms with E-state index in [1.807, 2.05) is 54.6 Å². The fourth-order valence-electron chi connectivity index (χ4n) is 7.72. The van der Waals surface area contributed by atoms with Crippen molar-refractivity contribution in [2.24, 2.45) is 11.8 Å². The lowest BCUT2D eigenvalue weighted by Crippen LogP contribution is -2.56. The van der Waals surface area contributed by atoms with Crippen LogP contribution in [0.2, 0.25) is 0 Å². The monoisotopic (exact) mass is 672 g/mol. The van der Waals surface area contributed by atoms with Crippen molar-refractivity contribution in [1.29, 1.82) is 0 Å². The Morgan fingerprint density at radius 2 is 1.78 bits per heavy atom. The Labute approximate surface area is 288 Å². The molecule has 3 aliphatic rings. The molecule has 0 aliphatic carbocycles. The average Bonchev–Trinajstić information content (AvgIpc) is 3.76. The number of ether oxygens (including phenoxy) is 2. The molecule has 3 heterocycles. The van der Waals surface area contributed by atoms with Crippen LogP contribution in [0.3, 0.4) is 0 Å². The minimum atomic E-state index is -1.26. The van der Waals surface area contributed by atoms with E-state index in [0.29, 0.717) is 30.5 Å². The maximum Gasteiger partial charge on any atom is 0.313 e. The summed E-state index contributed by atoms with van der Waals surface area (Å²) in [6.07, 6.45) is 3.52. The highest BCUT2D eigenvalue weighted by Crippen LogP contribution is 2.59. The predicted octanol–water partition coefficient (Wildman–Crippen LogP) is 3.79. The molecule has 2 aromatic rings. The molecule has 1 spiro atoms. The van der Waals surface area contributed by atoms with Gasteiger partial charge in [-0.3, -0.25) is 19.2 Å². The van der Waals surface area contributed by atoms with Crippen LogP contribution in [0.25, 0.3) is 0 Å². The third kappa shape index (κ3) is 7.00. The van der Waals surface area contributed by atoms with Gasteiger partial charge in [0.2, 0.25) is 11.8 Å². The number of fused-ring (bicyclic) bond motifs is 1. The van der Waals surface area contributed by atoms with E-state index >= 15 is 0 Å². The molecule has 3 amide bonds. The van der Waals surface area contributed by atoms with E-state index in [-0.39, 0.29) is 44.5 Å². The van der Waals surface area contributed by atoms with Crippen LogP contribution in [0.5, 0.6) is 0 Å². The minimum absolute atomic E-state index is 0.0506. The first kappa shape index (κ1) is 35.8. The molecule has 0 radical (unpaired) electrons. The second kappa shape index (κ2) is 15.8. The minimum Gasteiger partial charge on any atom is -0.455 e. The highest BCUT2D eigenvalue weighted by atomic mass is 16.6. The van der Waals surface area contributed by atoms with Gasteiger partial charge >= 0.3 is 5.97 Å². The van der Waals surface area contributed by atoms with Crippen molar-refractivity contribution in [2.45, 2.75) is 63.4 Å². The second-order valence-corrected chi connectivity index (χ2v) is 12.7. The van der Waals surface area contributed by atoms with E-state index in [1.54, 1.807) is 17.1 Å². The second-order valence-electron chi connectivity index (χ2n) is 12.7. The number of amides is 3. The molecule has 0 aromatic heterocycles. The number of nitrogens with zero attached hydrogens (tertiary/aromatic N) is 3. The van der Waals surface area contributed by atoms with Gasteiger partial charge in [0, 0.05) is 44.0 Å². The fourth-order valence-corrected chi connectivity index (χ4v) is 7.72. The zero-order chi connectivity index (χ0) is 35.1.